The molecule has 140 valence electrons. The number of benzene rings is 1. The van der Waals surface area contributed by atoms with Crippen LogP contribution in [0.4, 0.5) is 8.78 Å². The summed E-state index contributed by atoms with van der Waals surface area (Å²) in [7, 11) is -0.606. The first-order chi connectivity index (χ1) is 11.7. The second-order valence-corrected chi connectivity index (χ2v) is 8.04. The number of alkyl halides is 2. The van der Waals surface area contributed by atoms with Gasteiger partial charge in [0.05, 0.1) is 30.6 Å². The maximum atomic E-state index is 12.4. The molecule has 2 rings (SSSR count). The first-order valence-corrected chi connectivity index (χ1v) is 9.14. The van der Waals surface area contributed by atoms with Gasteiger partial charge in [-0.2, -0.15) is 8.78 Å². The van der Waals surface area contributed by atoms with Crippen LogP contribution >= 0.6 is 0 Å². The number of nitrogens with one attached hydrogen (secondary N) is 1. The Balaban J connectivity index is 2.10. The normalized spacial score (nSPS) is 20.9. The minimum Gasteiger partial charge on any atom is -0.434 e. The molecule has 1 N–H and O–H groups in total. The van der Waals surface area contributed by atoms with E-state index in [9.17, 15) is 22.0 Å². The molecule has 0 spiro atoms. The molecule has 1 saturated heterocycles. The lowest BCUT2D eigenvalue weighted by molar-refractivity contribution is -0.0501. The molecule has 1 amide bonds. The number of hydrogen-bond donors (Lipinski definition) is 1. The van der Waals surface area contributed by atoms with E-state index in [1.807, 2.05) is 0 Å². The van der Waals surface area contributed by atoms with Gasteiger partial charge < -0.3 is 14.8 Å². The Morgan fingerprint density at radius 2 is 2.04 bits per heavy atom. The van der Waals surface area contributed by atoms with E-state index < -0.39 is 34.5 Å². The monoisotopic (exact) mass is 378 g/mol. The van der Waals surface area contributed by atoms with Gasteiger partial charge in [0.2, 0.25) is 10.0 Å². The third kappa shape index (κ3) is 5.10. The highest BCUT2D eigenvalue weighted by Gasteiger charge is 2.34. The Labute approximate surface area is 145 Å². The van der Waals surface area contributed by atoms with Gasteiger partial charge in [0, 0.05) is 20.0 Å². The summed E-state index contributed by atoms with van der Waals surface area (Å²) in [5, 5.41) is 2.65. The molecule has 25 heavy (non-hydrogen) atoms. The molecule has 0 aliphatic carbocycles. The zero-order chi connectivity index (χ0) is 18.6. The number of carbonyl (C=O) groups is 1. The molecule has 0 unspecified atom stereocenters. The summed E-state index contributed by atoms with van der Waals surface area (Å²) in [5.74, 6) is -1.48. The topological polar surface area (TPSA) is 84.9 Å². The zero-order valence-corrected chi connectivity index (χ0v) is 14.6. The van der Waals surface area contributed by atoms with Crippen molar-refractivity contribution in [3.63, 3.8) is 0 Å². The van der Waals surface area contributed by atoms with Crippen molar-refractivity contribution in [2.75, 3.05) is 33.1 Å². The summed E-state index contributed by atoms with van der Waals surface area (Å²) in [6, 6.07) is 5.07. The molecule has 1 heterocycles. The molecule has 1 aliphatic rings. The largest absolute Gasteiger partial charge is 0.434 e. The lowest BCUT2D eigenvalue weighted by Crippen LogP contribution is -2.43. The van der Waals surface area contributed by atoms with Crippen LogP contribution in [-0.4, -0.2) is 64.3 Å². The van der Waals surface area contributed by atoms with Crippen LogP contribution in [0.2, 0.25) is 0 Å². The Kier molecular flexibility index (Phi) is 6.31. The number of para-hydroxylation sites is 1. The van der Waals surface area contributed by atoms with Gasteiger partial charge in [-0.1, -0.05) is 12.1 Å². The number of amides is 1. The molecule has 1 aliphatic heterocycles. The van der Waals surface area contributed by atoms with Crippen molar-refractivity contribution in [3.05, 3.63) is 29.8 Å². The van der Waals surface area contributed by atoms with E-state index in [4.69, 9.17) is 4.74 Å². The summed E-state index contributed by atoms with van der Waals surface area (Å²) in [6.45, 7) is -2.72. The third-order valence-electron chi connectivity index (χ3n) is 3.84. The summed E-state index contributed by atoms with van der Waals surface area (Å²) >= 11 is 0. The lowest BCUT2D eigenvalue weighted by atomic mass is 10.1. The summed E-state index contributed by atoms with van der Waals surface area (Å²) in [6.07, 6.45) is 0. The van der Waals surface area contributed by atoms with Crippen LogP contribution in [0.5, 0.6) is 5.75 Å². The number of nitrogens with zero attached hydrogens (tertiary/aromatic N) is 1. The quantitative estimate of drug-likeness (QED) is 0.763. The van der Waals surface area contributed by atoms with Gasteiger partial charge in [-0.05, 0) is 12.1 Å². The van der Waals surface area contributed by atoms with E-state index in [0.717, 1.165) is 4.31 Å². The van der Waals surface area contributed by atoms with Crippen LogP contribution in [0, 0.1) is 5.92 Å². The first-order valence-electron chi connectivity index (χ1n) is 7.53. The van der Waals surface area contributed by atoms with E-state index >= 15 is 0 Å². The fraction of sp³-hybridized carbons (Fsp3) is 0.533. The van der Waals surface area contributed by atoms with Crippen molar-refractivity contribution in [2.24, 2.45) is 5.92 Å². The average Bonchev–Trinajstić information content (AvgIpc) is 2.93. The minimum atomic E-state index is -3.46. The van der Waals surface area contributed by atoms with Gasteiger partial charge >= 0.3 is 6.61 Å². The first kappa shape index (κ1) is 19.5. The molecule has 0 saturated carbocycles. The van der Waals surface area contributed by atoms with Crippen LogP contribution < -0.4 is 10.1 Å². The van der Waals surface area contributed by atoms with Crippen molar-refractivity contribution in [2.45, 2.75) is 12.7 Å². The van der Waals surface area contributed by atoms with Crippen molar-refractivity contribution in [1.82, 2.24) is 9.62 Å². The van der Waals surface area contributed by atoms with E-state index in [2.05, 4.69) is 10.1 Å². The van der Waals surface area contributed by atoms with E-state index in [1.54, 1.807) is 0 Å². The average molecular weight is 378 g/mol. The van der Waals surface area contributed by atoms with E-state index in [1.165, 1.54) is 38.4 Å². The number of sulfonamides is 1. The fourth-order valence-corrected chi connectivity index (χ4v) is 3.61. The Morgan fingerprint density at radius 3 is 2.68 bits per heavy atom. The molecule has 1 aromatic carbocycles. The zero-order valence-electron chi connectivity index (χ0n) is 13.8. The molecular weight excluding hydrogens is 358 g/mol. The van der Waals surface area contributed by atoms with Crippen molar-refractivity contribution < 1.29 is 31.5 Å². The van der Waals surface area contributed by atoms with Crippen LogP contribution in [0.3, 0.4) is 0 Å². The van der Waals surface area contributed by atoms with E-state index in [0.29, 0.717) is 0 Å². The maximum Gasteiger partial charge on any atom is 0.387 e. The number of carbonyl (C=O) groups excluding carboxylic acids is 1. The van der Waals surface area contributed by atoms with Crippen molar-refractivity contribution >= 4 is 15.9 Å². The fourth-order valence-electron chi connectivity index (χ4n) is 2.44. The second kappa shape index (κ2) is 8.07. The lowest BCUT2D eigenvalue weighted by Gasteiger charge is -2.21. The molecule has 10 heteroatoms. The smallest absolute Gasteiger partial charge is 0.387 e. The number of ether oxygens (including phenoxy) is 2. The summed E-state index contributed by atoms with van der Waals surface area (Å²) < 4.78 is 59.7. The summed E-state index contributed by atoms with van der Waals surface area (Å²) in [4.78, 5) is 12.4. The molecule has 0 bridgehead atoms. The Bertz CT molecular complexity index is 712. The Hall–Kier alpha value is -1.78. The van der Waals surface area contributed by atoms with Gasteiger partial charge in [0.15, 0.2) is 0 Å². The highest BCUT2D eigenvalue weighted by atomic mass is 32.2. The number of hydrogen-bond acceptors (Lipinski definition) is 5. The van der Waals surface area contributed by atoms with Crippen LogP contribution in [-0.2, 0) is 14.8 Å². The predicted octanol–water partition coefficient (Wildman–Crippen LogP) is 0.924. The maximum absolute atomic E-state index is 12.4. The van der Waals surface area contributed by atoms with Crippen molar-refractivity contribution in [3.8, 4) is 5.75 Å². The number of halogens is 2. The van der Waals surface area contributed by atoms with Gasteiger partial charge in [0.25, 0.3) is 5.91 Å². The van der Waals surface area contributed by atoms with E-state index in [-0.39, 0.29) is 30.3 Å². The van der Waals surface area contributed by atoms with Crippen molar-refractivity contribution in [1.29, 1.82) is 0 Å². The third-order valence-corrected chi connectivity index (χ3v) is 5.81. The van der Waals surface area contributed by atoms with Crippen LogP contribution in [0.1, 0.15) is 10.4 Å². The van der Waals surface area contributed by atoms with Crippen LogP contribution in [0.25, 0.3) is 0 Å². The highest BCUT2D eigenvalue weighted by Crippen LogP contribution is 2.22. The second-order valence-electron chi connectivity index (χ2n) is 5.81. The van der Waals surface area contributed by atoms with Gasteiger partial charge in [-0.15, -0.1) is 0 Å². The molecule has 0 aromatic heterocycles. The van der Waals surface area contributed by atoms with Gasteiger partial charge in [-0.3, -0.25) is 4.79 Å². The summed E-state index contributed by atoms with van der Waals surface area (Å²) in [5.41, 5.74) is -0.0519. The van der Waals surface area contributed by atoms with Crippen LogP contribution in [0.15, 0.2) is 24.3 Å². The van der Waals surface area contributed by atoms with Gasteiger partial charge in [-0.25, -0.2) is 12.7 Å². The molecule has 2 atom stereocenters. The molecule has 0 radical (unpaired) electrons. The minimum absolute atomic E-state index is 0.0519. The number of rotatable bonds is 7. The SMILES string of the molecule is CN(C)S(=O)(=O)C[C@@H]1COC[C@H]1NC(=O)c1ccccc1OC(F)F. The molecule has 1 aromatic rings. The molecular formula is C15H20F2N2O5S. The molecule has 1 fully saturated rings. The van der Waals surface area contributed by atoms with Gasteiger partial charge in [0.1, 0.15) is 5.75 Å². The molecule has 7 nitrogen and oxygen atoms in total. The highest BCUT2D eigenvalue weighted by molar-refractivity contribution is 7.89. The Morgan fingerprint density at radius 1 is 1.36 bits per heavy atom. The standard InChI is InChI=1S/C15H20F2N2O5S/c1-19(2)25(21,22)9-10-7-23-8-12(10)18-14(20)11-5-3-4-6-13(11)24-15(16)17/h3-6,10,12,15H,7-9H2,1-2H3,(H,18,20)/t10-,12+/m0/s1. The predicted molar refractivity (Wildman–Crippen MR) is 86.1 cm³/mol.